The van der Waals surface area contributed by atoms with Crippen LogP contribution in [0.3, 0.4) is 0 Å². The van der Waals surface area contributed by atoms with Crippen LogP contribution in [0.15, 0.2) is 46.9 Å². The van der Waals surface area contributed by atoms with Gasteiger partial charge >= 0.3 is 0 Å². The van der Waals surface area contributed by atoms with Crippen LogP contribution in [0.1, 0.15) is 31.7 Å². The summed E-state index contributed by atoms with van der Waals surface area (Å²) in [4.78, 5) is 12.1. The first-order valence-electron chi connectivity index (χ1n) is 8.97. The summed E-state index contributed by atoms with van der Waals surface area (Å²) in [5.41, 5.74) is 1.93. The zero-order chi connectivity index (χ0) is 19.6. The Morgan fingerprint density at radius 1 is 1.11 bits per heavy atom. The van der Waals surface area contributed by atoms with E-state index < -0.39 is 0 Å². The van der Waals surface area contributed by atoms with E-state index in [1.54, 1.807) is 31.4 Å². The number of benzene rings is 2. The van der Waals surface area contributed by atoms with Crippen LogP contribution in [-0.2, 0) is 9.53 Å². The van der Waals surface area contributed by atoms with Gasteiger partial charge in [-0.1, -0.05) is 19.9 Å². The van der Waals surface area contributed by atoms with E-state index in [1.807, 2.05) is 18.2 Å². The highest BCUT2D eigenvalue weighted by Crippen LogP contribution is 2.30. The molecule has 1 amide bonds. The van der Waals surface area contributed by atoms with Gasteiger partial charge in [0, 0.05) is 12.8 Å². The lowest BCUT2D eigenvalue weighted by atomic mass is 9.99. The topological polar surface area (TPSA) is 56.8 Å². The molecule has 1 unspecified atom stereocenters. The van der Waals surface area contributed by atoms with Crippen molar-refractivity contribution in [3.05, 3.63) is 52.5 Å². The number of carbonyl (C=O) groups is 1. The number of hydrogen-bond acceptors (Lipinski definition) is 4. The van der Waals surface area contributed by atoms with Crippen molar-refractivity contribution in [1.82, 2.24) is 0 Å². The number of halogens is 1. The molecule has 146 valence electrons. The van der Waals surface area contributed by atoms with Crippen LogP contribution in [-0.4, -0.2) is 32.8 Å². The molecule has 2 aromatic rings. The number of nitrogens with one attached hydrogen (secondary N) is 1. The van der Waals surface area contributed by atoms with Crippen molar-refractivity contribution >= 4 is 27.5 Å². The van der Waals surface area contributed by atoms with E-state index in [0.29, 0.717) is 30.6 Å². The van der Waals surface area contributed by atoms with Gasteiger partial charge in [-0.05, 0) is 70.2 Å². The third-order valence-corrected chi connectivity index (χ3v) is 4.81. The highest BCUT2D eigenvalue weighted by Gasteiger charge is 2.09. The zero-order valence-electron chi connectivity index (χ0n) is 16.0. The minimum absolute atomic E-state index is 0.0621. The van der Waals surface area contributed by atoms with Gasteiger partial charge in [-0.15, -0.1) is 0 Å². The molecule has 27 heavy (non-hydrogen) atoms. The molecule has 0 saturated carbocycles. The molecular formula is C21H26BrNO4. The average Bonchev–Trinajstić information content (AvgIpc) is 2.68. The first-order chi connectivity index (χ1) is 13.0. The Morgan fingerprint density at radius 2 is 1.85 bits per heavy atom. The summed E-state index contributed by atoms with van der Waals surface area (Å²) in [5.74, 6) is 1.65. The quantitative estimate of drug-likeness (QED) is 0.533. The van der Waals surface area contributed by atoms with E-state index in [4.69, 9.17) is 14.2 Å². The molecule has 0 aliphatic carbocycles. The smallest absolute Gasteiger partial charge is 0.262 e. The van der Waals surface area contributed by atoms with Gasteiger partial charge in [0.05, 0.1) is 11.1 Å². The van der Waals surface area contributed by atoms with Gasteiger partial charge in [-0.25, -0.2) is 0 Å². The Hall–Kier alpha value is -2.05. The summed E-state index contributed by atoms with van der Waals surface area (Å²) >= 11 is 3.52. The lowest BCUT2D eigenvalue weighted by Gasteiger charge is -2.13. The van der Waals surface area contributed by atoms with Crippen molar-refractivity contribution in [2.45, 2.75) is 26.2 Å². The molecule has 2 aromatic carbocycles. The van der Waals surface area contributed by atoms with Crippen molar-refractivity contribution in [1.29, 1.82) is 0 Å². The van der Waals surface area contributed by atoms with Crippen LogP contribution in [0.25, 0.3) is 0 Å². The number of amides is 1. The molecule has 1 atom stereocenters. The molecule has 0 heterocycles. The first-order valence-corrected chi connectivity index (χ1v) is 9.76. The Labute approximate surface area is 169 Å². The van der Waals surface area contributed by atoms with Gasteiger partial charge in [0.15, 0.2) is 6.61 Å². The Morgan fingerprint density at radius 3 is 2.48 bits per heavy atom. The lowest BCUT2D eigenvalue weighted by molar-refractivity contribution is -0.118. The molecular weight excluding hydrogens is 410 g/mol. The minimum Gasteiger partial charge on any atom is -0.491 e. The van der Waals surface area contributed by atoms with E-state index in [0.717, 1.165) is 16.6 Å². The second-order valence-electron chi connectivity index (χ2n) is 6.20. The maximum atomic E-state index is 12.1. The Bertz CT molecular complexity index is 733. The second-order valence-corrected chi connectivity index (χ2v) is 7.06. The van der Waals surface area contributed by atoms with Gasteiger partial charge in [0.25, 0.3) is 5.91 Å². The number of methoxy groups -OCH3 is 1. The summed E-state index contributed by atoms with van der Waals surface area (Å²) in [6, 6.07) is 13.2. The van der Waals surface area contributed by atoms with Gasteiger partial charge in [0.1, 0.15) is 18.1 Å². The molecule has 1 N–H and O–H groups in total. The summed E-state index contributed by atoms with van der Waals surface area (Å²) in [6.07, 6.45) is 1.07. The summed E-state index contributed by atoms with van der Waals surface area (Å²) in [6.45, 7) is 5.30. The molecule has 0 spiro atoms. The third kappa shape index (κ3) is 6.88. The second kappa shape index (κ2) is 10.9. The van der Waals surface area contributed by atoms with Crippen molar-refractivity contribution in [3.63, 3.8) is 0 Å². The Balaban J connectivity index is 1.84. The number of anilines is 1. The SMILES string of the molecule is CCC(C)c1ccc(OCC(=O)Nc2ccc(OCCOC)cc2)c(Br)c1. The average molecular weight is 436 g/mol. The molecule has 6 heteroatoms. The van der Waals surface area contributed by atoms with Crippen molar-refractivity contribution < 1.29 is 19.0 Å². The van der Waals surface area contributed by atoms with Crippen LogP contribution in [0.5, 0.6) is 11.5 Å². The van der Waals surface area contributed by atoms with E-state index in [9.17, 15) is 4.79 Å². The van der Waals surface area contributed by atoms with Gasteiger partial charge < -0.3 is 19.5 Å². The summed E-state index contributed by atoms with van der Waals surface area (Å²) in [7, 11) is 1.63. The van der Waals surface area contributed by atoms with Crippen LogP contribution in [0, 0.1) is 0 Å². The number of hydrogen-bond donors (Lipinski definition) is 1. The molecule has 5 nitrogen and oxygen atoms in total. The van der Waals surface area contributed by atoms with E-state index >= 15 is 0 Å². The first kappa shape index (κ1) is 21.3. The molecule has 0 radical (unpaired) electrons. The van der Waals surface area contributed by atoms with E-state index in [-0.39, 0.29) is 12.5 Å². The van der Waals surface area contributed by atoms with Crippen molar-refractivity contribution in [3.8, 4) is 11.5 Å². The van der Waals surface area contributed by atoms with Gasteiger partial charge in [-0.3, -0.25) is 4.79 Å². The fraction of sp³-hybridized carbons (Fsp3) is 0.381. The van der Waals surface area contributed by atoms with Crippen LogP contribution >= 0.6 is 15.9 Å². The monoisotopic (exact) mass is 435 g/mol. The van der Waals surface area contributed by atoms with Crippen LogP contribution in [0.2, 0.25) is 0 Å². The van der Waals surface area contributed by atoms with E-state index in [1.165, 1.54) is 5.56 Å². The predicted octanol–water partition coefficient (Wildman–Crippen LogP) is 5.01. The third-order valence-electron chi connectivity index (χ3n) is 4.19. The van der Waals surface area contributed by atoms with Gasteiger partial charge in [0.2, 0.25) is 0 Å². The predicted molar refractivity (Wildman–Crippen MR) is 111 cm³/mol. The minimum atomic E-state index is -0.221. The molecule has 0 fully saturated rings. The largest absolute Gasteiger partial charge is 0.491 e. The molecule has 0 bridgehead atoms. The number of carbonyl (C=O) groups excluding carboxylic acids is 1. The number of ether oxygens (including phenoxy) is 3. The molecule has 0 saturated heterocycles. The highest BCUT2D eigenvalue weighted by molar-refractivity contribution is 9.10. The summed E-state index contributed by atoms with van der Waals surface area (Å²) < 4.78 is 16.9. The maximum absolute atomic E-state index is 12.1. The lowest BCUT2D eigenvalue weighted by Crippen LogP contribution is -2.20. The van der Waals surface area contributed by atoms with Crippen LogP contribution < -0.4 is 14.8 Å². The van der Waals surface area contributed by atoms with E-state index in [2.05, 4.69) is 35.1 Å². The van der Waals surface area contributed by atoms with Gasteiger partial charge in [-0.2, -0.15) is 0 Å². The Kier molecular flexibility index (Phi) is 8.61. The van der Waals surface area contributed by atoms with Crippen LogP contribution in [0.4, 0.5) is 5.69 Å². The molecule has 0 aliphatic heterocycles. The molecule has 2 rings (SSSR count). The molecule has 0 aromatic heterocycles. The normalized spacial score (nSPS) is 11.7. The van der Waals surface area contributed by atoms with Crippen molar-refractivity contribution in [2.24, 2.45) is 0 Å². The fourth-order valence-electron chi connectivity index (χ4n) is 2.39. The number of rotatable bonds is 10. The molecule has 0 aliphatic rings. The standard InChI is InChI=1S/C21H26BrNO4/c1-4-15(2)16-5-10-20(19(22)13-16)27-14-21(24)23-17-6-8-18(9-7-17)26-12-11-25-3/h5-10,13,15H,4,11-12,14H2,1-3H3,(H,23,24). The highest BCUT2D eigenvalue weighted by atomic mass is 79.9. The maximum Gasteiger partial charge on any atom is 0.262 e. The summed E-state index contributed by atoms with van der Waals surface area (Å²) in [5, 5.41) is 2.81. The van der Waals surface area contributed by atoms with Crippen molar-refractivity contribution in [2.75, 3.05) is 32.2 Å². The fourth-order valence-corrected chi connectivity index (χ4v) is 2.91. The zero-order valence-corrected chi connectivity index (χ0v) is 17.5.